The van der Waals surface area contributed by atoms with E-state index in [4.69, 9.17) is 9.47 Å². The van der Waals surface area contributed by atoms with Crippen molar-refractivity contribution in [3.8, 4) is 5.75 Å². The minimum absolute atomic E-state index is 0.0688. The van der Waals surface area contributed by atoms with Gasteiger partial charge in [-0.15, -0.1) is 11.3 Å². The van der Waals surface area contributed by atoms with Gasteiger partial charge in [-0.2, -0.15) is 0 Å². The number of ether oxygens (including phenoxy) is 2. The first-order valence-electron chi connectivity index (χ1n) is 9.31. The minimum Gasteiger partial charge on any atom is -0.490 e. The summed E-state index contributed by atoms with van der Waals surface area (Å²) in [5, 5.41) is 14.4. The third-order valence-electron chi connectivity index (χ3n) is 4.85. The molecule has 1 aliphatic carbocycles. The number of hydrogen-bond acceptors (Lipinski definition) is 7. The van der Waals surface area contributed by atoms with Crippen molar-refractivity contribution >= 4 is 33.9 Å². The molecule has 0 bridgehead atoms. The Morgan fingerprint density at radius 3 is 2.79 bits per heavy atom. The van der Waals surface area contributed by atoms with Gasteiger partial charge in [0.15, 0.2) is 5.75 Å². The molecule has 1 N–H and O–H groups in total. The Morgan fingerprint density at radius 1 is 1.38 bits per heavy atom. The van der Waals surface area contributed by atoms with Crippen molar-refractivity contribution in [3.05, 3.63) is 49.9 Å². The Morgan fingerprint density at radius 2 is 2.14 bits per heavy atom. The van der Waals surface area contributed by atoms with Crippen molar-refractivity contribution in [1.82, 2.24) is 0 Å². The molecule has 1 amide bonds. The zero-order valence-electron chi connectivity index (χ0n) is 16.4. The van der Waals surface area contributed by atoms with Crippen LogP contribution in [0.2, 0.25) is 0 Å². The smallest absolute Gasteiger partial charge is 0.341 e. The number of hydrogen-bond donors (Lipinski definition) is 1. The highest BCUT2D eigenvalue weighted by Crippen LogP contribution is 2.40. The number of nitro groups is 1. The zero-order chi connectivity index (χ0) is 21.1. The second-order valence-corrected chi connectivity index (χ2v) is 7.98. The molecule has 3 rings (SSSR count). The predicted molar refractivity (Wildman–Crippen MR) is 109 cm³/mol. The van der Waals surface area contributed by atoms with Gasteiger partial charge in [-0.25, -0.2) is 4.79 Å². The maximum Gasteiger partial charge on any atom is 0.341 e. The van der Waals surface area contributed by atoms with Crippen LogP contribution in [-0.4, -0.2) is 30.5 Å². The van der Waals surface area contributed by atoms with Crippen molar-refractivity contribution in [1.29, 1.82) is 0 Å². The van der Waals surface area contributed by atoms with Crippen LogP contribution in [0.5, 0.6) is 5.75 Å². The average Bonchev–Trinajstić information content (AvgIpc) is 3.04. The largest absolute Gasteiger partial charge is 0.490 e. The fourth-order valence-electron chi connectivity index (χ4n) is 3.41. The van der Waals surface area contributed by atoms with E-state index in [9.17, 15) is 19.7 Å². The molecule has 0 saturated heterocycles. The summed E-state index contributed by atoms with van der Waals surface area (Å²) < 4.78 is 10.2. The van der Waals surface area contributed by atoms with E-state index < -0.39 is 16.8 Å². The maximum absolute atomic E-state index is 12.8. The Hall–Kier alpha value is -2.94. The Balaban J connectivity index is 1.95. The second kappa shape index (κ2) is 8.60. The molecule has 1 heterocycles. The number of rotatable bonds is 6. The number of carbonyl (C=O) groups is 2. The van der Waals surface area contributed by atoms with E-state index in [1.165, 1.54) is 30.6 Å². The van der Waals surface area contributed by atoms with Crippen molar-refractivity contribution in [3.63, 3.8) is 0 Å². The summed E-state index contributed by atoms with van der Waals surface area (Å²) in [6, 6.07) is 3.98. The fourth-order valence-corrected chi connectivity index (χ4v) is 4.64. The van der Waals surface area contributed by atoms with E-state index >= 15 is 0 Å². The van der Waals surface area contributed by atoms with Gasteiger partial charge in [0.25, 0.3) is 5.91 Å². The van der Waals surface area contributed by atoms with Gasteiger partial charge in [-0.3, -0.25) is 14.9 Å². The van der Waals surface area contributed by atoms with Crippen LogP contribution >= 0.6 is 11.3 Å². The van der Waals surface area contributed by atoms with Crippen LogP contribution in [-0.2, 0) is 17.6 Å². The number of amides is 1. The zero-order valence-corrected chi connectivity index (χ0v) is 17.3. The summed E-state index contributed by atoms with van der Waals surface area (Å²) in [6.45, 7) is 4.09. The number of nitrogens with zero attached hydrogens (tertiary/aromatic N) is 1. The first kappa shape index (κ1) is 20.8. The van der Waals surface area contributed by atoms with E-state index in [0.717, 1.165) is 35.8 Å². The molecule has 0 radical (unpaired) electrons. The third-order valence-corrected chi connectivity index (χ3v) is 6.06. The summed E-state index contributed by atoms with van der Waals surface area (Å²) in [5.41, 5.74) is 1.13. The van der Waals surface area contributed by atoms with Gasteiger partial charge < -0.3 is 14.8 Å². The SMILES string of the molecule is CCOC(=O)c1c(NC(=O)c2ccc(OC)c([N+](=O)[O-])c2)sc2c1C[C@@H](C)CC2. The average molecular weight is 418 g/mol. The third kappa shape index (κ3) is 4.24. The lowest BCUT2D eigenvalue weighted by Crippen LogP contribution is -2.17. The number of aryl methyl sites for hydroxylation is 1. The van der Waals surface area contributed by atoms with Crippen LogP contribution in [0.1, 0.15) is 51.4 Å². The van der Waals surface area contributed by atoms with Crippen LogP contribution in [0.15, 0.2) is 18.2 Å². The van der Waals surface area contributed by atoms with E-state index in [0.29, 0.717) is 16.5 Å². The highest BCUT2D eigenvalue weighted by Gasteiger charge is 2.29. The number of nitrogens with one attached hydrogen (secondary N) is 1. The number of methoxy groups -OCH3 is 1. The van der Waals surface area contributed by atoms with Crippen LogP contribution in [0.3, 0.4) is 0 Å². The lowest BCUT2D eigenvalue weighted by Gasteiger charge is -2.18. The molecule has 1 atom stereocenters. The first-order chi connectivity index (χ1) is 13.8. The number of nitro benzene ring substituents is 1. The lowest BCUT2D eigenvalue weighted by molar-refractivity contribution is -0.385. The van der Waals surface area contributed by atoms with Crippen LogP contribution in [0, 0.1) is 16.0 Å². The predicted octanol–water partition coefficient (Wildman–Crippen LogP) is 4.22. The first-order valence-corrected chi connectivity index (χ1v) is 10.1. The number of anilines is 1. The monoisotopic (exact) mass is 418 g/mol. The van der Waals surface area contributed by atoms with Crippen molar-refractivity contribution in [2.24, 2.45) is 5.92 Å². The molecule has 2 aromatic rings. The summed E-state index contributed by atoms with van der Waals surface area (Å²) in [6.07, 6.45) is 2.62. The van der Waals surface area contributed by atoms with Crippen LogP contribution < -0.4 is 10.1 Å². The van der Waals surface area contributed by atoms with Crippen LogP contribution in [0.25, 0.3) is 0 Å². The highest BCUT2D eigenvalue weighted by molar-refractivity contribution is 7.17. The van der Waals surface area contributed by atoms with Crippen molar-refractivity contribution in [2.75, 3.05) is 19.0 Å². The molecule has 8 nitrogen and oxygen atoms in total. The Kier molecular flexibility index (Phi) is 6.17. The number of benzene rings is 1. The highest BCUT2D eigenvalue weighted by atomic mass is 32.1. The summed E-state index contributed by atoms with van der Waals surface area (Å²) >= 11 is 1.37. The molecule has 9 heteroatoms. The lowest BCUT2D eigenvalue weighted by atomic mass is 9.88. The van der Waals surface area contributed by atoms with Gasteiger partial charge in [-0.1, -0.05) is 6.92 Å². The van der Waals surface area contributed by atoms with Gasteiger partial charge >= 0.3 is 11.7 Å². The number of fused-ring (bicyclic) bond motifs is 1. The molecule has 0 unspecified atom stereocenters. The number of esters is 1. The van der Waals surface area contributed by atoms with Gasteiger partial charge in [0, 0.05) is 16.5 Å². The molecule has 0 spiro atoms. The summed E-state index contributed by atoms with van der Waals surface area (Å²) in [7, 11) is 1.32. The van der Waals surface area contributed by atoms with Gasteiger partial charge in [0.2, 0.25) is 0 Å². The number of carbonyl (C=O) groups excluding carboxylic acids is 2. The molecular formula is C20H22N2O6S. The molecular weight excluding hydrogens is 396 g/mol. The minimum atomic E-state index is -0.606. The van der Waals surface area contributed by atoms with Gasteiger partial charge in [0.05, 0.1) is 24.2 Å². The molecule has 1 aromatic heterocycles. The normalized spacial score (nSPS) is 15.3. The van der Waals surface area contributed by atoms with Gasteiger partial charge in [-0.05, 0) is 49.8 Å². The van der Waals surface area contributed by atoms with Crippen molar-refractivity contribution < 1.29 is 24.0 Å². The van der Waals surface area contributed by atoms with E-state index in [1.54, 1.807) is 6.92 Å². The summed E-state index contributed by atoms with van der Waals surface area (Å²) in [5.74, 6) is -0.486. The Labute approximate surface area is 172 Å². The van der Waals surface area contributed by atoms with Crippen LogP contribution in [0.4, 0.5) is 10.7 Å². The molecule has 29 heavy (non-hydrogen) atoms. The standard InChI is InChI=1S/C20H22N2O6S/c1-4-28-20(24)17-13-9-11(2)5-8-16(13)29-19(17)21-18(23)12-6-7-15(27-3)14(10-12)22(25)26/h6-7,10-11H,4-5,8-9H2,1-3H3,(H,21,23)/t11-/m0/s1. The number of thiophene rings is 1. The summed E-state index contributed by atoms with van der Waals surface area (Å²) in [4.78, 5) is 37.0. The molecule has 1 aliphatic rings. The molecule has 0 saturated carbocycles. The fraction of sp³-hybridized carbons (Fsp3) is 0.400. The topological polar surface area (TPSA) is 108 Å². The van der Waals surface area contributed by atoms with E-state index in [-0.39, 0.29) is 23.6 Å². The molecule has 0 fully saturated rings. The maximum atomic E-state index is 12.8. The quantitative estimate of drug-likeness (QED) is 0.427. The molecule has 1 aromatic carbocycles. The second-order valence-electron chi connectivity index (χ2n) is 6.87. The molecule has 154 valence electrons. The molecule has 0 aliphatic heterocycles. The van der Waals surface area contributed by atoms with E-state index in [1.807, 2.05) is 0 Å². The van der Waals surface area contributed by atoms with Gasteiger partial charge in [0.1, 0.15) is 5.00 Å². The Bertz CT molecular complexity index is 968. The van der Waals surface area contributed by atoms with Crippen molar-refractivity contribution in [2.45, 2.75) is 33.1 Å². The van der Waals surface area contributed by atoms with E-state index in [2.05, 4.69) is 12.2 Å².